The van der Waals surface area contributed by atoms with E-state index < -0.39 is 0 Å². The van der Waals surface area contributed by atoms with E-state index in [-0.39, 0.29) is 0 Å². The third-order valence-electron chi connectivity index (χ3n) is 3.49. The highest BCUT2D eigenvalue weighted by Crippen LogP contribution is 2.25. The zero-order valence-corrected chi connectivity index (χ0v) is 10.8. The van der Waals surface area contributed by atoms with Gasteiger partial charge in [0.15, 0.2) is 0 Å². The number of nitrogen functional groups attached to an aromatic ring is 1. The van der Waals surface area contributed by atoms with Crippen LogP contribution in [0, 0.1) is 12.8 Å². The van der Waals surface area contributed by atoms with Crippen LogP contribution in [-0.2, 0) is 0 Å². The van der Waals surface area contributed by atoms with Crippen molar-refractivity contribution in [2.24, 2.45) is 5.92 Å². The van der Waals surface area contributed by atoms with Crippen molar-refractivity contribution in [2.45, 2.75) is 39.5 Å². The van der Waals surface area contributed by atoms with Crippen LogP contribution in [0.25, 0.3) is 0 Å². The standard InChI is InChI=1S/C13H22N4/c1-3-4-11-5-7-17(8-6-11)12-9-10(2)15-13(14)16-12/h9,11H,3-8H2,1-2H3,(H2,14,15,16). The van der Waals surface area contributed by atoms with Gasteiger partial charge in [0.05, 0.1) is 0 Å². The second kappa shape index (κ2) is 5.34. The molecular formula is C13H22N4. The van der Waals surface area contributed by atoms with Gasteiger partial charge in [0.2, 0.25) is 5.95 Å². The summed E-state index contributed by atoms with van der Waals surface area (Å²) in [5.74, 6) is 2.28. The number of piperidine rings is 1. The molecular weight excluding hydrogens is 212 g/mol. The van der Waals surface area contributed by atoms with Crippen LogP contribution in [0.5, 0.6) is 0 Å². The molecule has 0 aromatic carbocycles. The first-order valence-electron chi connectivity index (χ1n) is 6.55. The average Bonchev–Trinajstić information content (AvgIpc) is 2.29. The largest absolute Gasteiger partial charge is 0.368 e. The zero-order chi connectivity index (χ0) is 12.3. The van der Waals surface area contributed by atoms with Crippen molar-refractivity contribution < 1.29 is 0 Å². The van der Waals surface area contributed by atoms with Crippen LogP contribution in [0.4, 0.5) is 11.8 Å². The minimum absolute atomic E-state index is 0.385. The Morgan fingerprint density at radius 2 is 2.06 bits per heavy atom. The number of anilines is 2. The first kappa shape index (κ1) is 12.1. The molecule has 4 heteroatoms. The van der Waals surface area contributed by atoms with Gasteiger partial charge in [-0.05, 0) is 25.7 Å². The molecule has 0 spiro atoms. The highest BCUT2D eigenvalue weighted by atomic mass is 15.2. The van der Waals surface area contributed by atoms with Crippen LogP contribution in [0.15, 0.2) is 6.07 Å². The highest BCUT2D eigenvalue weighted by molar-refractivity contribution is 5.43. The predicted octanol–water partition coefficient (Wildman–Crippen LogP) is 2.38. The topological polar surface area (TPSA) is 55.0 Å². The molecule has 0 radical (unpaired) electrons. The van der Waals surface area contributed by atoms with Gasteiger partial charge in [-0.2, -0.15) is 4.98 Å². The molecule has 1 aromatic heterocycles. The molecule has 94 valence electrons. The minimum atomic E-state index is 0.385. The molecule has 0 amide bonds. The van der Waals surface area contributed by atoms with Crippen LogP contribution >= 0.6 is 0 Å². The van der Waals surface area contributed by atoms with Gasteiger partial charge >= 0.3 is 0 Å². The van der Waals surface area contributed by atoms with E-state index in [4.69, 9.17) is 5.73 Å². The van der Waals surface area contributed by atoms with Crippen molar-refractivity contribution in [2.75, 3.05) is 23.7 Å². The molecule has 1 fully saturated rings. The molecule has 0 aliphatic carbocycles. The summed E-state index contributed by atoms with van der Waals surface area (Å²) in [6.07, 6.45) is 5.20. The Morgan fingerprint density at radius 1 is 1.35 bits per heavy atom. The maximum absolute atomic E-state index is 5.69. The quantitative estimate of drug-likeness (QED) is 0.872. The lowest BCUT2D eigenvalue weighted by Crippen LogP contribution is -2.34. The Labute approximate surface area is 103 Å². The average molecular weight is 234 g/mol. The molecule has 2 N–H and O–H groups in total. The normalized spacial score (nSPS) is 17.4. The molecule has 1 aromatic rings. The van der Waals surface area contributed by atoms with Gasteiger partial charge in [0.25, 0.3) is 0 Å². The predicted molar refractivity (Wildman–Crippen MR) is 71.0 cm³/mol. The molecule has 0 saturated carbocycles. The maximum atomic E-state index is 5.69. The van der Waals surface area contributed by atoms with Crippen LogP contribution in [0.2, 0.25) is 0 Å². The van der Waals surface area contributed by atoms with Crippen molar-refractivity contribution in [3.63, 3.8) is 0 Å². The van der Waals surface area contributed by atoms with Crippen LogP contribution in [0.1, 0.15) is 38.3 Å². The monoisotopic (exact) mass is 234 g/mol. The number of aryl methyl sites for hydroxylation is 1. The summed E-state index contributed by atoms with van der Waals surface area (Å²) >= 11 is 0. The third-order valence-corrected chi connectivity index (χ3v) is 3.49. The van der Waals surface area contributed by atoms with Crippen molar-refractivity contribution in [1.82, 2.24) is 9.97 Å². The maximum Gasteiger partial charge on any atom is 0.222 e. The van der Waals surface area contributed by atoms with Crippen molar-refractivity contribution in [1.29, 1.82) is 0 Å². The molecule has 17 heavy (non-hydrogen) atoms. The summed E-state index contributed by atoms with van der Waals surface area (Å²) in [6, 6.07) is 2.02. The molecule has 1 aliphatic rings. The SMILES string of the molecule is CCCC1CCN(c2cc(C)nc(N)n2)CC1. The third kappa shape index (κ3) is 3.08. The number of rotatable bonds is 3. The van der Waals surface area contributed by atoms with E-state index in [1.807, 2.05) is 13.0 Å². The number of hydrogen-bond acceptors (Lipinski definition) is 4. The number of nitrogens with two attached hydrogens (primary N) is 1. The Morgan fingerprint density at radius 3 is 2.65 bits per heavy atom. The summed E-state index contributed by atoms with van der Waals surface area (Å²) in [4.78, 5) is 10.8. The van der Waals surface area contributed by atoms with Crippen LogP contribution < -0.4 is 10.6 Å². The second-order valence-electron chi connectivity index (χ2n) is 4.94. The van der Waals surface area contributed by atoms with E-state index in [0.717, 1.165) is 30.5 Å². The Hall–Kier alpha value is -1.32. The molecule has 0 atom stereocenters. The molecule has 2 heterocycles. The van der Waals surface area contributed by atoms with E-state index in [0.29, 0.717) is 5.95 Å². The molecule has 1 saturated heterocycles. The first-order chi connectivity index (χ1) is 8.19. The minimum Gasteiger partial charge on any atom is -0.368 e. The molecule has 0 unspecified atom stereocenters. The first-order valence-corrected chi connectivity index (χ1v) is 6.55. The Kier molecular flexibility index (Phi) is 3.82. The van der Waals surface area contributed by atoms with Gasteiger partial charge in [-0.3, -0.25) is 0 Å². The van der Waals surface area contributed by atoms with Gasteiger partial charge in [-0.1, -0.05) is 19.8 Å². The smallest absolute Gasteiger partial charge is 0.222 e. The summed E-state index contributed by atoms with van der Waals surface area (Å²) < 4.78 is 0. The Bertz CT molecular complexity index is 349. The summed E-state index contributed by atoms with van der Waals surface area (Å²) in [5.41, 5.74) is 6.64. The van der Waals surface area contributed by atoms with Crippen LogP contribution in [-0.4, -0.2) is 23.1 Å². The van der Waals surface area contributed by atoms with Gasteiger partial charge in [-0.15, -0.1) is 0 Å². The molecule has 4 nitrogen and oxygen atoms in total. The number of aromatic nitrogens is 2. The second-order valence-corrected chi connectivity index (χ2v) is 4.94. The molecule has 0 bridgehead atoms. The summed E-state index contributed by atoms with van der Waals surface area (Å²) in [5, 5.41) is 0. The fourth-order valence-electron chi connectivity index (χ4n) is 2.60. The van der Waals surface area contributed by atoms with Gasteiger partial charge in [-0.25, -0.2) is 4.98 Å². The van der Waals surface area contributed by atoms with E-state index in [2.05, 4.69) is 21.8 Å². The summed E-state index contributed by atoms with van der Waals surface area (Å²) in [7, 11) is 0. The van der Waals surface area contributed by atoms with Crippen LogP contribution in [0.3, 0.4) is 0 Å². The van der Waals surface area contributed by atoms with Gasteiger partial charge in [0.1, 0.15) is 5.82 Å². The lowest BCUT2D eigenvalue weighted by atomic mass is 9.92. The number of hydrogen-bond donors (Lipinski definition) is 1. The highest BCUT2D eigenvalue weighted by Gasteiger charge is 2.19. The lowest BCUT2D eigenvalue weighted by molar-refractivity contribution is 0.377. The van der Waals surface area contributed by atoms with Crippen molar-refractivity contribution in [3.8, 4) is 0 Å². The van der Waals surface area contributed by atoms with E-state index in [9.17, 15) is 0 Å². The fraction of sp³-hybridized carbons (Fsp3) is 0.692. The zero-order valence-electron chi connectivity index (χ0n) is 10.8. The van der Waals surface area contributed by atoms with Crippen molar-refractivity contribution >= 4 is 11.8 Å². The van der Waals surface area contributed by atoms with Crippen molar-refractivity contribution in [3.05, 3.63) is 11.8 Å². The number of nitrogens with zero attached hydrogens (tertiary/aromatic N) is 3. The lowest BCUT2D eigenvalue weighted by Gasteiger charge is -2.32. The Balaban J connectivity index is 2.00. The van der Waals surface area contributed by atoms with E-state index in [1.165, 1.54) is 25.7 Å². The fourth-order valence-corrected chi connectivity index (χ4v) is 2.60. The summed E-state index contributed by atoms with van der Waals surface area (Å²) in [6.45, 7) is 6.42. The van der Waals surface area contributed by atoms with E-state index in [1.54, 1.807) is 0 Å². The van der Waals surface area contributed by atoms with Gasteiger partial charge < -0.3 is 10.6 Å². The van der Waals surface area contributed by atoms with Gasteiger partial charge in [0, 0.05) is 24.8 Å². The van der Waals surface area contributed by atoms with E-state index >= 15 is 0 Å². The molecule has 2 rings (SSSR count). The molecule has 1 aliphatic heterocycles.